The van der Waals surface area contributed by atoms with Crippen molar-refractivity contribution in [2.75, 3.05) is 19.6 Å². The van der Waals surface area contributed by atoms with E-state index in [9.17, 15) is 14.7 Å². The summed E-state index contributed by atoms with van der Waals surface area (Å²) < 4.78 is 1.90. The summed E-state index contributed by atoms with van der Waals surface area (Å²) >= 11 is 0. The fourth-order valence-corrected chi connectivity index (χ4v) is 5.25. The number of aryl methyl sites for hydroxylation is 2. The Morgan fingerprint density at radius 1 is 1.13 bits per heavy atom. The summed E-state index contributed by atoms with van der Waals surface area (Å²) in [4.78, 5) is 34.5. The Labute approximate surface area is 183 Å². The third kappa shape index (κ3) is 3.73. The zero-order valence-corrected chi connectivity index (χ0v) is 18.5. The van der Waals surface area contributed by atoms with Gasteiger partial charge < -0.3 is 19.5 Å². The fraction of sp³-hybridized carbons (Fsp3) is 0.625. The second kappa shape index (κ2) is 7.93. The molecule has 2 aromatic rings. The first-order valence-electron chi connectivity index (χ1n) is 11.7. The van der Waals surface area contributed by atoms with Gasteiger partial charge >= 0.3 is 0 Å². The van der Waals surface area contributed by atoms with E-state index in [4.69, 9.17) is 4.98 Å². The molecule has 31 heavy (non-hydrogen) atoms. The number of amides is 2. The standard InChI is InChI=1S/C24H32N4O3/c1-3-15-12-17(16-4-5-16)13-20-22(15)25-23(26(20)2)24(31)27-10-11-28(21(30)14-27)18-6-8-19(29)9-7-18/h12-13,16,18-19,29H,3-11,14H2,1-2H3/t18-,19-. The molecule has 1 aliphatic heterocycles. The molecule has 166 valence electrons. The Morgan fingerprint density at radius 2 is 1.87 bits per heavy atom. The molecule has 1 aromatic heterocycles. The van der Waals surface area contributed by atoms with Crippen LogP contribution >= 0.6 is 0 Å². The smallest absolute Gasteiger partial charge is 0.290 e. The molecular weight excluding hydrogens is 392 g/mol. The molecule has 7 heteroatoms. The Bertz CT molecular complexity index is 1020. The number of carbonyl (C=O) groups is 2. The third-order valence-corrected chi connectivity index (χ3v) is 7.36. The van der Waals surface area contributed by atoms with Crippen molar-refractivity contribution in [3.8, 4) is 0 Å². The molecule has 1 aromatic carbocycles. The van der Waals surface area contributed by atoms with Crippen LogP contribution in [0.5, 0.6) is 0 Å². The summed E-state index contributed by atoms with van der Waals surface area (Å²) in [6.07, 6.45) is 6.31. The fourth-order valence-electron chi connectivity index (χ4n) is 5.25. The lowest BCUT2D eigenvalue weighted by atomic mass is 9.91. The summed E-state index contributed by atoms with van der Waals surface area (Å²) in [5.41, 5.74) is 4.46. The summed E-state index contributed by atoms with van der Waals surface area (Å²) in [6, 6.07) is 4.64. The molecule has 3 fully saturated rings. The van der Waals surface area contributed by atoms with Crippen molar-refractivity contribution in [1.82, 2.24) is 19.4 Å². The lowest BCUT2D eigenvalue weighted by Crippen LogP contribution is -2.56. The summed E-state index contributed by atoms with van der Waals surface area (Å²) in [5, 5.41) is 9.74. The maximum Gasteiger partial charge on any atom is 0.290 e. The summed E-state index contributed by atoms with van der Waals surface area (Å²) in [7, 11) is 1.91. The minimum absolute atomic E-state index is 0.00465. The molecule has 0 unspecified atom stereocenters. The number of benzene rings is 1. The van der Waals surface area contributed by atoms with E-state index in [1.54, 1.807) is 4.90 Å². The van der Waals surface area contributed by atoms with Gasteiger partial charge in [0.15, 0.2) is 5.82 Å². The van der Waals surface area contributed by atoms with E-state index in [0.717, 1.165) is 43.1 Å². The minimum Gasteiger partial charge on any atom is -0.393 e. The maximum atomic E-state index is 13.3. The van der Waals surface area contributed by atoms with Crippen molar-refractivity contribution in [2.45, 2.75) is 69.9 Å². The summed E-state index contributed by atoms with van der Waals surface area (Å²) in [6.45, 7) is 3.32. The highest BCUT2D eigenvalue weighted by atomic mass is 16.3. The topological polar surface area (TPSA) is 78.7 Å². The Balaban J connectivity index is 1.36. The number of hydrogen-bond donors (Lipinski definition) is 1. The quantitative estimate of drug-likeness (QED) is 0.818. The second-order valence-electron chi connectivity index (χ2n) is 9.45. The highest BCUT2D eigenvalue weighted by molar-refractivity contribution is 5.98. The van der Waals surface area contributed by atoms with Crippen molar-refractivity contribution >= 4 is 22.8 Å². The molecule has 0 atom stereocenters. The van der Waals surface area contributed by atoms with Crippen LogP contribution in [0.3, 0.4) is 0 Å². The van der Waals surface area contributed by atoms with Crippen LogP contribution in [0.25, 0.3) is 11.0 Å². The molecule has 2 amide bonds. The number of aliphatic hydroxyl groups excluding tert-OH is 1. The summed E-state index contributed by atoms with van der Waals surface area (Å²) in [5.74, 6) is 0.904. The Morgan fingerprint density at radius 3 is 2.52 bits per heavy atom. The van der Waals surface area contributed by atoms with Crippen molar-refractivity contribution in [3.05, 3.63) is 29.1 Å². The van der Waals surface area contributed by atoms with E-state index in [1.165, 1.54) is 24.0 Å². The minimum atomic E-state index is -0.236. The van der Waals surface area contributed by atoms with Gasteiger partial charge in [0.2, 0.25) is 5.91 Å². The van der Waals surface area contributed by atoms with Gasteiger partial charge in [-0.2, -0.15) is 0 Å². The largest absolute Gasteiger partial charge is 0.393 e. The molecule has 0 spiro atoms. The molecular formula is C24H32N4O3. The Hall–Kier alpha value is -2.41. The zero-order chi connectivity index (χ0) is 21.7. The number of aliphatic hydroxyl groups is 1. The average molecular weight is 425 g/mol. The van der Waals surface area contributed by atoms with Crippen LogP contribution in [0.4, 0.5) is 0 Å². The van der Waals surface area contributed by atoms with Gasteiger partial charge in [0.25, 0.3) is 5.91 Å². The van der Waals surface area contributed by atoms with Crippen LogP contribution in [0.2, 0.25) is 0 Å². The van der Waals surface area contributed by atoms with Crippen LogP contribution in [0.1, 0.15) is 73.1 Å². The number of hydrogen-bond acceptors (Lipinski definition) is 4. The SMILES string of the molecule is CCc1cc(C2CC2)cc2c1nc(C(=O)N1CCN([C@H]3CC[C@H](O)CC3)C(=O)C1)n2C. The van der Waals surface area contributed by atoms with E-state index in [1.807, 2.05) is 16.5 Å². The average Bonchev–Trinajstić information content (AvgIpc) is 3.57. The van der Waals surface area contributed by atoms with E-state index in [2.05, 4.69) is 19.1 Å². The van der Waals surface area contributed by atoms with Crippen LogP contribution in [-0.4, -0.2) is 68.1 Å². The molecule has 1 N–H and O–H groups in total. The molecule has 2 heterocycles. The van der Waals surface area contributed by atoms with Crippen molar-refractivity contribution in [2.24, 2.45) is 7.05 Å². The predicted octanol–water partition coefficient (Wildman–Crippen LogP) is 2.60. The monoisotopic (exact) mass is 424 g/mol. The van der Waals surface area contributed by atoms with E-state index < -0.39 is 0 Å². The number of nitrogens with zero attached hydrogens (tertiary/aromatic N) is 4. The van der Waals surface area contributed by atoms with Gasteiger partial charge in [0.1, 0.15) is 6.54 Å². The Kier molecular flexibility index (Phi) is 5.24. The molecule has 2 aliphatic carbocycles. The van der Waals surface area contributed by atoms with Crippen molar-refractivity contribution < 1.29 is 14.7 Å². The third-order valence-electron chi connectivity index (χ3n) is 7.36. The highest BCUT2D eigenvalue weighted by Crippen LogP contribution is 2.41. The molecule has 7 nitrogen and oxygen atoms in total. The van der Waals surface area contributed by atoms with Crippen molar-refractivity contribution in [3.63, 3.8) is 0 Å². The van der Waals surface area contributed by atoms with Crippen LogP contribution in [-0.2, 0) is 18.3 Å². The first-order chi connectivity index (χ1) is 15.0. The molecule has 0 bridgehead atoms. The number of piperazine rings is 1. The zero-order valence-electron chi connectivity index (χ0n) is 18.5. The number of rotatable bonds is 4. The van der Waals surface area contributed by atoms with E-state index in [0.29, 0.717) is 24.8 Å². The molecule has 1 saturated heterocycles. The lowest BCUT2D eigenvalue weighted by molar-refractivity contribution is -0.138. The number of fused-ring (bicyclic) bond motifs is 1. The number of carbonyl (C=O) groups excluding carboxylic acids is 2. The van der Waals surface area contributed by atoms with E-state index >= 15 is 0 Å². The first-order valence-corrected chi connectivity index (χ1v) is 11.7. The lowest BCUT2D eigenvalue weighted by Gasteiger charge is -2.41. The maximum absolute atomic E-state index is 13.3. The van der Waals surface area contributed by atoms with Gasteiger partial charge in [-0.25, -0.2) is 4.98 Å². The second-order valence-corrected chi connectivity index (χ2v) is 9.45. The predicted molar refractivity (Wildman–Crippen MR) is 118 cm³/mol. The van der Waals surface area contributed by atoms with Gasteiger partial charge in [-0.15, -0.1) is 0 Å². The number of imidazole rings is 1. The van der Waals surface area contributed by atoms with Crippen molar-refractivity contribution in [1.29, 1.82) is 0 Å². The van der Waals surface area contributed by atoms with Gasteiger partial charge in [0.05, 0.1) is 17.1 Å². The molecule has 0 radical (unpaired) electrons. The van der Waals surface area contributed by atoms with Gasteiger partial charge in [0, 0.05) is 26.2 Å². The highest BCUT2D eigenvalue weighted by Gasteiger charge is 2.35. The van der Waals surface area contributed by atoms with Gasteiger partial charge in [-0.05, 0) is 68.1 Å². The van der Waals surface area contributed by atoms with Crippen LogP contribution < -0.4 is 0 Å². The van der Waals surface area contributed by atoms with Crippen LogP contribution in [0.15, 0.2) is 12.1 Å². The van der Waals surface area contributed by atoms with Gasteiger partial charge in [-0.3, -0.25) is 9.59 Å². The molecule has 2 saturated carbocycles. The normalized spacial score (nSPS) is 24.8. The molecule has 3 aliphatic rings. The first kappa shape index (κ1) is 20.5. The van der Waals surface area contributed by atoms with Gasteiger partial charge in [-0.1, -0.05) is 13.0 Å². The van der Waals surface area contributed by atoms with Crippen LogP contribution in [0, 0.1) is 0 Å². The van der Waals surface area contributed by atoms with E-state index in [-0.39, 0.29) is 30.5 Å². The molecule has 5 rings (SSSR count). The number of aromatic nitrogens is 2.